The number of benzene rings is 1. The predicted octanol–water partition coefficient (Wildman–Crippen LogP) is 2.40. The second-order valence-corrected chi connectivity index (χ2v) is 9.96. The van der Waals surface area contributed by atoms with E-state index in [1.54, 1.807) is 26.1 Å². The van der Waals surface area contributed by atoms with Crippen LogP contribution in [0.4, 0.5) is 5.69 Å². The summed E-state index contributed by atoms with van der Waals surface area (Å²) in [6.07, 6.45) is 3.75. The standard InChI is InChI=1S/C20H29N5O4S/c1-14(2)25(4)30(27,28)17-9-7-16(8-10-17)23-18(26)13-21-20(11-5-6-12-20)19-22-15(3)29-24-19/h7-10,14,21H,5-6,11-13H2,1-4H3,(H,23,26). The Kier molecular flexibility index (Phi) is 6.59. The summed E-state index contributed by atoms with van der Waals surface area (Å²) >= 11 is 0. The van der Waals surface area contributed by atoms with Crippen LogP contribution in [-0.4, -0.2) is 48.4 Å². The number of anilines is 1. The van der Waals surface area contributed by atoms with Gasteiger partial charge in [-0.25, -0.2) is 8.42 Å². The molecular formula is C20H29N5O4S. The average Bonchev–Trinajstić information content (AvgIpc) is 3.36. The third-order valence-corrected chi connectivity index (χ3v) is 7.59. The zero-order valence-corrected chi connectivity index (χ0v) is 18.6. The molecule has 0 bridgehead atoms. The number of sulfonamides is 1. The Balaban J connectivity index is 1.62. The Morgan fingerprint density at radius 3 is 2.40 bits per heavy atom. The molecule has 1 aromatic heterocycles. The summed E-state index contributed by atoms with van der Waals surface area (Å²) in [6.45, 7) is 5.46. The number of aromatic nitrogens is 2. The fourth-order valence-corrected chi connectivity index (χ4v) is 4.93. The van der Waals surface area contributed by atoms with Crippen LogP contribution in [0.25, 0.3) is 0 Å². The van der Waals surface area contributed by atoms with Crippen LogP contribution in [-0.2, 0) is 20.4 Å². The number of carbonyl (C=O) groups excluding carboxylic acids is 1. The van der Waals surface area contributed by atoms with Gasteiger partial charge in [-0.3, -0.25) is 10.1 Å². The molecule has 1 saturated carbocycles. The second kappa shape index (κ2) is 8.83. The number of hydrogen-bond acceptors (Lipinski definition) is 7. The molecule has 1 aliphatic rings. The van der Waals surface area contributed by atoms with Gasteiger partial charge in [0.15, 0.2) is 5.82 Å². The van der Waals surface area contributed by atoms with Gasteiger partial charge < -0.3 is 9.84 Å². The molecule has 30 heavy (non-hydrogen) atoms. The molecule has 0 atom stereocenters. The second-order valence-electron chi connectivity index (χ2n) is 7.97. The molecule has 1 aromatic carbocycles. The topological polar surface area (TPSA) is 117 Å². The predicted molar refractivity (Wildman–Crippen MR) is 112 cm³/mol. The third kappa shape index (κ3) is 4.71. The number of carbonyl (C=O) groups is 1. The van der Waals surface area contributed by atoms with E-state index in [4.69, 9.17) is 4.52 Å². The van der Waals surface area contributed by atoms with Gasteiger partial charge in [-0.2, -0.15) is 9.29 Å². The van der Waals surface area contributed by atoms with Gasteiger partial charge >= 0.3 is 0 Å². The number of amides is 1. The van der Waals surface area contributed by atoms with Crippen molar-refractivity contribution in [3.63, 3.8) is 0 Å². The van der Waals surface area contributed by atoms with Crippen molar-refractivity contribution in [2.45, 2.75) is 62.9 Å². The summed E-state index contributed by atoms with van der Waals surface area (Å²) in [5, 5.41) is 10.2. The van der Waals surface area contributed by atoms with Gasteiger partial charge in [0.05, 0.1) is 17.0 Å². The summed E-state index contributed by atoms with van der Waals surface area (Å²) in [5.74, 6) is 0.867. The SMILES string of the molecule is Cc1nc(C2(NCC(=O)Nc3ccc(S(=O)(=O)N(C)C(C)C)cc3)CCCC2)no1. The largest absolute Gasteiger partial charge is 0.340 e. The normalized spacial score (nSPS) is 16.3. The maximum atomic E-state index is 12.5. The Morgan fingerprint density at radius 1 is 1.23 bits per heavy atom. The van der Waals surface area contributed by atoms with Crippen LogP contribution in [0, 0.1) is 6.92 Å². The van der Waals surface area contributed by atoms with Gasteiger partial charge in [-0.15, -0.1) is 0 Å². The molecule has 0 spiro atoms. The van der Waals surface area contributed by atoms with Crippen molar-refractivity contribution in [3.05, 3.63) is 36.0 Å². The minimum Gasteiger partial charge on any atom is -0.340 e. The molecular weight excluding hydrogens is 406 g/mol. The number of nitrogens with zero attached hydrogens (tertiary/aromatic N) is 3. The van der Waals surface area contributed by atoms with Gasteiger partial charge in [0.1, 0.15) is 0 Å². The van der Waals surface area contributed by atoms with Crippen molar-refractivity contribution in [2.75, 3.05) is 18.9 Å². The molecule has 2 N–H and O–H groups in total. The number of aryl methyl sites for hydroxylation is 1. The molecule has 1 amide bonds. The molecule has 1 aliphatic carbocycles. The summed E-state index contributed by atoms with van der Waals surface area (Å²) < 4.78 is 31.5. The van der Waals surface area contributed by atoms with Crippen LogP contribution < -0.4 is 10.6 Å². The fraction of sp³-hybridized carbons (Fsp3) is 0.550. The van der Waals surface area contributed by atoms with Crippen molar-refractivity contribution in [3.8, 4) is 0 Å². The van der Waals surface area contributed by atoms with Crippen molar-refractivity contribution >= 4 is 21.6 Å². The van der Waals surface area contributed by atoms with Crippen LogP contribution in [0.3, 0.4) is 0 Å². The Morgan fingerprint density at radius 2 is 1.87 bits per heavy atom. The summed E-state index contributed by atoms with van der Waals surface area (Å²) in [7, 11) is -2.01. The van der Waals surface area contributed by atoms with Crippen LogP contribution in [0.15, 0.2) is 33.7 Å². The molecule has 0 saturated heterocycles. The third-order valence-electron chi connectivity index (χ3n) is 5.54. The highest BCUT2D eigenvalue weighted by molar-refractivity contribution is 7.89. The maximum absolute atomic E-state index is 12.5. The molecule has 164 valence electrons. The number of hydrogen-bond donors (Lipinski definition) is 2. The molecule has 1 heterocycles. The Bertz CT molecular complexity index is 979. The smallest absolute Gasteiger partial charge is 0.243 e. The van der Waals surface area contributed by atoms with Crippen molar-refractivity contribution in [2.24, 2.45) is 0 Å². The van der Waals surface area contributed by atoms with Crippen LogP contribution in [0.1, 0.15) is 51.2 Å². The monoisotopic (exact) mass is 435 g/mol. The van der Waals surface area contributed by atoms with E-state index in [0.29, 0.717) is 17.4 Å². The van der Waals surface area contributed by atoms with Crippen molar-refractivity contribution < 1.29 is 17.7 Å². The summed E-state index contributed by atoms with van der Waals surface area (Å²) in [4.78, 5) is 17.0. The van der Waals surface area contributed by atoms with Gasteiger partial charge in [0.25, 0.3) is 0 Å². The molecule has 0 unspecified atom stereocenters. The highest BCUT2D eigenvalue weighted by atomic mass is 32.2. The van der Waals surface area contributed by atoms with Gasteiger partial charge in [-0.1, -0.05) is 18.0 Å². The first kappa shape index (κ1) is 22.4. The minimum atomic E-state index is -3.56. The molecule has 2 aromatic rings. The van der Waals surface area contributed by atoms with E-state index < -0.39 is 15.6 Å². The van der Waals surface area contributed by atoms with E-state index in [2.05, 4.69) is 20.8 Å². The first-order chi connectivity index (χ1) is 14.1. The first-order valence-corrected chi connectivity index (χ1v) is 11.5. The lowest BCUT2D eigenvalue weighted by atomic mass is 9.96. The quantitative estimate of drug-likeness (QED) is 0.654. The van der Waals surface area contributed by atoms with E-state index in [1.165, 1.54) is 16.4 Å². The number of rotatable bonds is 8. The summed E-state index contributed by atoms with van der Waals surface area (Å²) in [5.41, 5.74) is 0.0814. The maximum Gasteiger partial charge on any atom is 0.243 e. The van der Waals surface area contributed by atoms with E-state index in [-0.39, 0.29) is 23.4 Å². The van der Waals surface area contributed by atoms with Crippen LogP contribution in [0.2, 0.25) is 0 Å². The lowest BCUT2D eigenvalue weighted by Gasteiger charge is -2.26. The van der Waals surface area contributed by atoms with Gasteiger partial charge in [-0.05, 0) is 51.0 Å². The van der Waals surface area contributed by atoms with Crippen LogP contribution in [0.5, 0.6) is 0 Å². The van der Waals surface area contributed by atoms with E-state index in [1.807, 2.05) is 13.8 Å². The highest BCUT2D eigenvalue weighted by Gasteiger charge is 2.39. The highest BCUT2D eigenvalue weighted by Crippen LogP contribution is 2.37. The van der Waals surface area contributed by atoms with E-state index in [9.17, 15) is 13.2 Å². The minimum absolute atomic E-state index is 0.0870. The zero-order chi connectivity index (χ0) is 21.9. The molecule has 0 radical (unpaired) electrons. The molecule has 3 rings (SSSR count). The van der Waals surface area contributed by atoms with Crippen LogP contribution >= 0.6 is 0 Å². The number of nitrogens with one attached hydrogen (secondary N) is 2. The van der Waals surface area contributed by atoms with Gasteiger partial charge in [0, 0.05) is 25.7 Å². The fourth-order valence-electron chi connectivity index (χ4n) is 3.56. The molecule has 0 aliphatic heterocycles. The average molecular weight is 436 g/mol. The first-order valence-electron chi connectivity index (χ1n) is 10.1. The van der Waals surface area contributed by atoms with E-state index in [0.717, 1.165) is 25.7 Å². The van der Waals surface area contributed by atoms with E-state index >= 15 is 0 Å². The Labute approximate surface area is 177 Å². The van der Waals surface area contributed by atoms with Crippen molar-refractivity contribution in [1.82, 2.24) is 19.8 Å². The zero-order valence-electron chi connectivity index (χ0n) is 17.8. The molecule has 9 nitrogen and oxygen atoms in total. The van der Waals surface area contributed by atoms with Crippen molar-refractivity contribution in [1.29, 1.82) is 0 Å². The lowest BCUT2D eigenvalue weighted by molar-refractivity contribution is -0.115. The lowest BCUT2D eigenvalue weighted by Crippen LogP contribution is -2.44. The van der Waals surface area contributed by atoms with Gasteiger partial charge in [0.2, 0.25) is 21.8 Å². The molecule has 10 heteroatoms. The molecule has 1 fully saturated rings. The summed E-state index contributed by atoms with van der Waals surface area (Å²) in [6, 6.07) is 6.03. The Hall–Kier alpha value is -2.30.